The summed E-state index contributed by atoms with van der Waals surface area (Å²) in [5.41, 5.74) is 0.650. The molecule has 14 heteroatoms. The van der Waals surface area contributed by atoms with Gasteiger partial charge in [-0.15, -0.1) is 0 Å². The maximum Gasteiger partial charge on any atom is 0.187 e. The van der Waals surface area contributed by atoms with E-state index in [-0.39, 0.29) is 52.1 Å². The normalized spacial score (nSPS) is 58.3. The van der Waals surface area contributed by atoms with Crippen molar-refractivity contribution in [3.63, 3.8) is 0 Å². The Morgan fingerprint density at radius 2 is 1.39 bits per heavy atom. The third-order valence-electron chi connectivity index (χ3n) is 18.0. The molecule has 0 aromatic carbocycles. The zero-order valence-corrected chi connectivity index (χ0v) is 34.8. The predicted octanol–water partition coefficient (Wildman–Crippen LogP) is 1.75. The fourth-order valence-electron chi connectivity index (χ4n) is 14.8. The summed E-state index contributed by atoms with van der Waals surface area (Å²) in [6.07, 6.45) is -5.22. The predicted molar refractivity (Wildman–Crippen MR) is 203 cm³/mol. The number of allylic oxidation sites excluding steroid dienone is 1. The maximum atomic E-state index is 11.7. The molecule has 0 unspecified atom stereocenters. The fourth-order valence-corrected chi connectivity index (χ4v) is 14.8. The summed E-state index contributed by atoms with van der Waals surface area (Å²) in [4.78, 5) is 0. The van der Waals surface area contributed by atoms with Crippen LogP contribution in [0.2, 0.25) is 0 Å². The summed E-state index contributed by atoms with van der Waals surface area (Å²) in [5.74, 6) is 0.794. The van der Waals surface area contributed by atoms with Crippen LogP contribution in [0.3, 0.4) is 0 Å². The molecule has 0 aromatic rings. The topological polar surface area (TPSA) is 217 Å². The minimum absolute atomic E-state index is 0.00465. The molecule has 0 aromatic heterocycles. The van der Waals surface area contributed by atoms with Gasteiger partial charge in [-0.1, -0.05) is 32.4 Å². The van der Waals surface area contributed by atoms with Crippen molar-refractivity contribution in [1.82, 2.24) is 0 Å². The van der Waals surface area contributed by atoms with Crippen molar-refractivity contribution in [3.8, 4) is 0 Å². The molecule has 8 fully saturated rings. The summed E-state index contributed by atoms with van der Waals surface area (Å²) >= 11 is 0. The molecular formula is C43H70O14. The molecule has 57 heavy (non-hydrogen) atoms. The van der Waals surface area contributed by atoms with Gasteiger partial charge >= 0.3 is 0 Å². The fraction of sp³-hybridized carbons (Fsp3) is 0.953. The van der Waals surface area contributed by atoms with E-state index < -0.39 is 91.9 Å². The number of rotatable bonds is 9. The summed E-state index contributed by atoms with van der Waals surface area (Å²) in [7, 11) is 1.69. The van der Waals surface area contributed by atoms with Crippen LogP contribution in [0.5, 0.6) is 0 Å². The van der Waals surface area contributed by atoms with Crippen molar-refractivity contribution in [3.05, 3.63) is 11.6 Å². The first-order chi connectivity index (χ1) is 26.9. The average molecular weight is 811 g/mol. The first-order valence-electron chi connectivity index (χ1n) is 21.6. The van der Waals surface area contributed by atoms with E-state index in [1.165, 1.54) is 6.92 Å². The molecule has 14 nitrogen and oxygen atoms in total. The number of methoxy groups -OCH3 is 1. The summed E-state index contributed by atoms with van der Waals surface area (Å²) < 4.78 is 36.8. The van der Waals surface area contributed by atoms with Crippen molar-refractivity contribution in [2.24, 2.45) is 50.7 Å². The van der Waals surface area contributed by atoms with Crippen LogP contribution in [0.25, 0.3) is 0 Å². The number of hydrogen-bond acceptors (Lipinski definition) is 14. The van der Waals surface area contributed by atoms with Crippen LogP contribution in [0.4, 0.5) is 0 Å². The molecule has 0 amide bonds. The molecule has 2 spiro atoms. The molecule has 23 atom stereocenters. The lowest BCUT2D eigenvalue weighted by molar-refractivity contribution is -0.376. The van der Waals surface area contributed by atoms with Gasteiger partial charge in [0, 0.05) is 18.4 Å². The molecule has 5 saturated carbocycles. The molecule has 3 saturated heterocycles. The van der Waals surface area contributed by atoms with Crippen LogP contribution >= 0.6 is 0 Å². The van der Waals surface area contributed by atoms with Crippen LogP contribution in [0.15, 0.2) is 11.6 Å². The van der Waals surface area contributed by atoms with Gasteiger partial charge in [-0.05, 0) is 118 Å². The summed E-state index contributed by atoms with van der Waals surface area (Å²) in [6, 6.07) is 0. The van der Waals surface area contributed by atoms with Crippen molar-refractivity contribution < 1.29 is 69.3 Å². The van der Waals surface area contributed by atoms with Gasteiger partial charge in [-0.2, -0.15) is 0 Å². The van der Waals surface area contributed by atoms with Gasteiger partial charge in [0.1, 0.15) is 48.8 Å². The summed E-state index contributed by atoms with van der Waals surface area (Å²) in [6.45, 7) is 11.9. The Labute approximate surface area is 336 Å². The molecule has 8 N–H and O–H groups in total. The van der Waals surface area contributed by atoms with Gasteiger partial charge in [-0.3, -0.25) is 0 Å². The largest absolute Gasteiger partial charge is 0.396 e. The van der Waals surface area contributed by atoms with E-state index in [4.69, 9.17) is 28.4 Å². The molecule has 0 bridgehead atoms. The third kappa shape index (κ3) is 6.08. The van der Waals surface area contributed by atoms with Crippen LogP contribution in [0, 0.1) is 50.7 Å². The standard InChI is InChI=1S/C43H70O14/c1-20(2)16-23-30(47)28(36(52-7)54-23)22-10-12-41(6)26-9-8-25-39(4,19-45)27(11-13-42(25)18-43(26,42)15-14-40(22,41)5)56-38-35(33(50)31(48)24(17-44)55-38)57-37-34(51)32(49)29(46)21(3)53-37/h16,21-38,44-51H,8-15,17-19H2,1-7H3/t21-,22+,23+,24+,25-,26-,27-,28+,29-,30+,31+,32+,33-,34+,35+,36+,37-,38-,39+,40+,41-,42+,43-/m0/s1. The number of ether oxygens (including phenoxy) is 6. The van der Waals surface area contributed by atoms with E-state index >= 15 is 0 Å². The molecular weight excluding hydrogens is 740 g/mol. The Bertz CT molecular complexity index is 1510. The Morgan fingerprint density at radius 1 is 0.684 bits per heavy atom. The number of aliphatic hydroxyl groups is 8. The minimum Gasteiger partial charge on any atom is -0.396 e. The molecule has 0 radical (unpaired) electrons. The quantitative estimate of drug-likeness (QED) is 0.123. The average Bonchev–Trinajstić information content (AvgIpc) is 3.65. The maximum absolute atomic E-state index is 11.7. The molecule has 5 aliphatic carbocycles. The second-order valence-corrected chi connectivity index (χ2v) is 20.5. The minimum atomic E-state index is -1.66. The first kappa shape index (κ1) is 42.9. The highest BCUT2D eigenvalue weighted by molar-refractivity contribution is 5.31. The van der Waals surface area contributed by atoms with Crippen molar-refractivity contribution in [2.45, 2.75) is 185 Å². The molecule has 3 aliphatic heterocycles. The van der Waals surface area contributed by atoms with E-state index in [0.29, 0.717) is 12.3 Å². The lowest BCUT2D eigenvalue weighted by Gasteiger charge is -2.64. The van der Waals surface area contributed by atoms with Gasteiger partial charge in [0.05, 0.1) is 31.5 Å². The molecule has 326 valence electrons. The van der Waals surface area contributed by atoms with Crippen molar-refractivity contribution in [2.75, 3.05) is 20.3 Å². The number of hydrogen-bond donors (Lipinski definition) is 8. The van der Waals surface area contributed by atoms with E-state index in [1.807, 2.05) is 19.9 Å². The van der Waals surface area contributed by atoms with Gasteiger partial charge in [0.25, 0.3) is 0 Å². The van der Waals surface area contributed by atoms with Crippen LogP contribution in [0.1, 0.15) is 99.3 Å². The number of fused-ring (bicyclic) bond motifs is 2. The Balaban J connectivity index is 1.03. The Hall–Kier alpha value is -0.820. The SMILES string of the molecule is CO[C@@H]1O[C@H](C=C(C)C)[C@@H](O)[C@H]1[C@H]1CC[C@@]2(C)[C@@H]3CC[C@H]4[C@@](C)(CO)[C@@H](O[C@@H]5O[C@H](CO)[C@@H](O)[C@H](O)[C@H]5O[C@@H]5O[C@@H](C)[C@H](O)[C@@H](O)[C@H]5O)CC[C@@]45C[C@@]35CC[C@]12C. The first-order valence-corrected chi connectivity index (χ1v) is 21.6. The molecule has 8 rings (SSSR count). The van der Waals surface area contributed by atoms with E-state index in [2.05, 4.69) is 20.8 Å². The highest BCUT2D eigenvalue weighted by Gasteiger charge is 2.83. The lowest BCUT2D eigenvalue weighted by atomic mass is 9.41. The highest BCUT2D eigenvalue weighted by atomic mass is 16.8. The zero-order valence-electron chi connectivity index (χ0n) is 34.8. The zero-order chi connectivity index (χ0) is 41.2. The molecule has 8 aliphatic rings. The van der Waals surface area contributed by atoms with Crippen molar-refractivity contribution in [1.29, 1.82) is 0 Å². The Kier molecular flexibility index (Phi) is 11.2. The van der Waals surface area contributed by atoms with Crippen LogP contribution in [-0.4, -0.2) is 147 Å². The van der Waals surface area contributed by atoms with Gasteiger partial charge in [-0.25, -0.2) is 0 Å². The Morgan fingerprint density at radius 3 is 2.05 bits per heavy atom. The summed E-state index contributed by atoms with van der Waals surface area (Å²) in [5, 5.41) is 86.8. The second-order valence-electron chi connectivity index (χ2n) is 20.5. The third-order valence-corrected chi connectivity index (χ3v) is 18.0. The van der Waals surface area contributed by atoms with Crippen LogP contribution in [-0.2, 0) is 28.4 Å². The lowest BCUT2D eigenvalue weighted by Crippen LogP contribution is -2.65. The van der Waals surface area contributed by atoms with E-state index in [1.54, 1.807) is 7.11 Å². The van der Waals surface area contributed by atoms with E-state index in [9.17, 15) is 40.9 Å². The number of aliphatic hydroxyl groups excluding tert-OH is 8. The highest BCUT2D eigenvalue weighted by Crippen LogP contribution is 2.89. The van der Waals surface area contributed by atoms with Crippen LogP contribution < -0.4 is 0 Å². The molecule has 3 heterocycles. The van der Waals surface area contributed by atoms with Gasteiger partial charge < -0.3 is 69.3 Å². The van der Waals surface area contributed by atoms with Gasteiger partial charge in [0.15, 0.2) is 18.9 Å². The van der Waals surface area contributed by atoms with Gasteiger partial charge in [0.2, 0.25) is 0 Å². The van der Waals surface area contributed by atoms with Crippen molar-refractivity contribution >= 4 is 0 Å². The monoisotopic (exact) mass is 810 g/mol. The van der Waals surface area contributed by atoms with E-state index in [0.717, 1.165) is 56.9 Å². The second kappa shape index (κ2) is 14.9. The smallest absolute Gasteiger partial charge is 0.187 e.